The highest BCUT2D eigenvalue weighted by atomic mass is 15.4. The van der Waals surface area contributed by atoms with E-state index in [9.17, 15) is 0 Å². The summed E-state index contributed by atoms with van der Waals surface area (Å²) in [4.78, 5) is 0. The van der Waals surface area contributed by atoms with Crippen LogP contribution in [0.1, 0.15) is 0 Å². The summed E-state index contributed by atoms with van der Waals surface area (Å²) >= 11 is 0. The molecule has 2 N–H and O–H groups in total. The summed E-state index contributed by atoms with van der Waals surface area (Å²) < 4.78 is 1.67. The first kappa shape index (κ1) is 7.79. The lowest BCUT2D eigenvalue weighted by Gasteiger charge is -1.95. The zero-order chi connectivity index (χ0) is 9.26. The maximum absolute atomic E-state index is 5.57. The Morgan fingerprint density at radius 2 is 1.92 bits per heavy atom. The van der Waals surface area contributed by atoms with E-state index in [1.54, 1.807) is 4.68 Å². The van der Waals surface area contributed by atoms with Gasteiger partial charge in [0.25, 0.3) is 0 Å². The van der Waals surface area contributed by atoms with Crippen molar-refractivity contribution in [3.8, 4) is 11.3 Å². The Labute approximate surface area is 76.0 Å². The van der Waals surface area contributed by atoms with Crippen molar-refractivity contribution in [2.24, 2.45) is 7.05 Å². The molecule has 0 atom stereocenters. The molecule has 0 amide bonds. The molecule has 1 aromatic carbocycles. The molecule has 0 radical (unpaired) electrons. The van der Waals surface area contributed by atoms with Crippen molar-refractivity contribution in [1.29, 1.82) is 0 Å². The van der Waals surface area contributed by atoms with E-state index >= 15 is 0 Å². The van der Waals surface area contributed by atoms with Crippen molar-refractivity contribution in [1.82, 2.24) is 15.0 Å². The van der Waals surface area contributed by atoms with Crippen LogP contribution in [0.4, 0.5) is 5.69 Å². The number of nitrogens with two attached hydrogens (primary N) is 1. The van der Waals surface area contributed by atoms with Gasteiger partial charge in [0.2, 0.25) is 0 Å². The average Bonchev–Trinajstić information content (AvgIpc) is 2.53. The van der Waals surface area contributed by atoms with Crippen LogP contribution in [0, 0.1) is 0 Å². The third kappa shape index (κ3) is 1.51. The fraction of sp³-hybridized carbons (Fsp3) is 0.111. The molecule has 0 fully saturated rings. The first-order chi connectivity index (χ1) is 6.25. The average molecular weight is 174 g/mol. The predicted octanol–water partition coefficient (Wildman–Crippen LogP) is 1.06. The van der Waals surface area contributed by atoms with Crippen LogP contribution in [0.2, 0.25) is 0 Å². The first-order valence-corrected chi connectivity index (χ1v) is 3.98. The molecule has 66 valence electrons. The number of hydrogen-bond donors (Lipinski definition) is 1. The zero-order valence-corrected chi connectivity index (χ0v) is 7.31. The molecular weight excluding hydrogens is 164 g/mol. The van der Waals surface area contributed by atoms with E-state index in [0.717, 1.165) is 16.9 Å². The Morgan fingerprint density at radius 1 is 1.23 bits per heavy atom. The van der Waals surface area contributed by atoms with E-state index in [-0.39, 0.29) is 0 Å². The second-order valence-electron chi connectivity index (χ2n) is 2.90. The number of nitrogens with zero attached hydrogens (tertiary/aromatic N) is 3. The number of nitrogen functional groups attached to an aromatic ring is 1. The van der Waals surface area contributed by atoms with Gasteiger partial charge in [-0.25, -0.2) is 0 Å². The maximum Gasteiger partial charge on any atom is 0.113 e. The van der Waals surface area contributed by atoms with Crippen LogP contribution in [0.5, 0.6) is 0 Å². The molecule has 4 nitrogen and oxygen atoms in total. The van der Waals surface area contributed by atoms with E-state index in [2.05, 4.69) is 10.3 Å². The molecule has 0 bridgehead atoms. The van der Waals surface area contributed by atoms with E-state index in [1.165, 1.54) is 0 Å². The highest BCUT2D eigenvalue weighted by molar-refractivity contribution is 5.60. The molecule has 2 aromatic rings. The third-order valence-corrected chi connectivity index (χ3v) is 1.81. The number of hydrogen-bond acceptors (Lipinski definition) is 3. The van der Waals surface area contributed by atoms with Crippen molar-refractivity contribution in [2.45, 2.75) is 0 Å². The van der Waals surface area contributed by atoms with E-state index in [4.69, 9.17) is 5.73 Å². The smallest absolute Gasteiger partial charge is 0.113 e. The highest BCUT2D eigenvalue weighted by Crippen LogP contribution is 2.16. The van der Waals surface area contributed by atoms with Crippen LogP contribution in [-0.2, 0) is 7.05 Å². The summed E-state index contributed by atoms with van der Waals surface area (Å²) in [5.41, 5.74) is 8.22. The summed E-state index contributed by atoms with van der Waals surface area (Å²) in [5.74, 6) is 0. The fourth-order valence-electron chi connectivity index (χ4n) is 1.13. The van der Waals surface area contributed by atoms with Crippen molar-refractivity contribution in [3.63, 3.8) is 0 Å². The lowest BCUT2D eigenvalue weighted by Crippen LogP contribution is -1.85. The van der Waals surface area contributed by atoms with Crippen LogP contribution in [0.3, 0.4) is 0 Å². The molecule has 1 aromatic heterocycles. The summed E-state index contributed by atoms with van der Waals surface area (Å²) in [7, 11) is 1.84. The first-order valence-electron chi connectivity index (χ1n) is 3.98. The monoisotopic (exact) mass is 174 g/mol. The van der Waals surface area contributed by atoms with Crippen LogP contribution in [-0.4, -0.2) is 15.0 Å². The van der Waals surface area contributed by atoms with Crippen molar-refractivity contribution >= 4 is 5.69 Å². The highest BCUT2D eigenvalue weighted by Gasteiger charge is 2.00. The van der Waals surface area contributed by atoms with Crippen LogP contribution < -0.4 is 5.73 Å². The Balaban J connectivity index is 2.41. The molecule has 4 heteroatoms. The van der Waals surface area contributed by atoms with Gasteiger partial charge < -0.3 is 5.73 Å². The maximum atomic E-state index is 5.57. The normalized spacial score (nSPS) is 10.2. The molecule has 0 saturated carbocycles. The number of anilines is 1. The number of aryl methyl sites for hydroxylation is 1. The molecule has 0 spiro atoms. The van der Waals surface area contributed by atoms with Gasteiger partial charge >= 0.3 is 0 Å². The predicted molar refractivity (Wildman–Crippen MR) is 50.9 cm³/mol. The molecule has 0 aliphatic carbocycles. The second kappa shape index (κ2) is 2.90. The summed E-state index contributed by atoms with van der Waals surface area (Å²) in [6.07, 6.45) is 1.87. The van der Waals surface area contributed by atoms with Gasteiger partial charge in [0, 0.05) is 18.3 Å². The summed E-state index contributed by atoms with van der Waals surface area (Å²) in [6.45, 7) is 0. The van der Waals surface area contributed by atoms with Crippen molar-refractivity contribution in [3.05, 3.63) is 30.5 Å². The number of aromatic nitrogens is 3. The lowest BCUT2D eigenvalue weighted by atomic mass is 10.1. The van der Waals surface area contributed by atoms with Crippen LogP contribution in [0.15, 0.2) is 30.5 Å². The third-order valence-electron chi connectivity index (χ3n) is 1.81. The topological polar surface area (TPSA) is 56.7 Å². The van der Waals surface area contributed by atoms with Gasteiger partial charge in [0.1, 0.15) is 5.69 Å². The van der Waals surface area contributed by atoms with E-state index < -0.39 is 0 Å². The van der Waals surface area contributed by atoms with Crippen LogP contribution in [0.25, 0.3) is 11.3 Å². The standard InChI is InChI=1S/C9H10N4/c1-13-6-9(11-12-13)7-2-4-8(10)5-3-7/h2-6H,10H2,1H3. The van der Waals surface area contributed by atoms with Crippen molar-refractivity contribution < 1.29 is 0 Å². The molecule has 0 aliphatic heterocycles. The lowest BCUT2D eigenvalue weighted by molar-refractivity contribution is 0.715. The Hall–Kier alpha value is -1.84. The van der Waals surface area contributed by atoms with Crippen molar-refractivity contribution in [2.75, 3.05) is 5.73 Å². The molecule has 0 saturated heterocycles. The minimum absolute atomic E-state index is 0.757. The number of rotatable bonds is 1. The van der Waals surface area contributed by atoms with Gasteiger partial charge in [-0.3, -0.25) is 4.68 Å². The minimum atomic E-state index is 0.757. The summed E-state index contributed by atoms with van der Waals surface area (Å²) in [6, 6.07) is 7.56. The van der Waals surface area contributed by atoms with Gasteiger partial charge in [0.15, 0.2) is 0 Å². The molecule has 0 aliphatic rings. The van der Waals surface area contributed by atoms with Gasteiger partial charge in [-0.05, 0) is 12.1 Å². The molecule has 2 rings (SSSR count). The summed E-state index contributed by atoms with van der Waals surface area (Å²) in [5, 5.41) is 7.84. The molecular formula is C9H10N4. The second-order valence-corrected chi connectivity index (χ2v) is 2.90. The van der Waals surface area contributed by atoms with E-state index in [0.29, 0.717) is 0 Å². The van der Waals surface area contributed by atoms with Gasteiger partial charge in [-0.15, -0.1) is 5.10 Å². The Morgan fingerprint density at radius 3 is 2.46 bits per heavy atom. The number of benzene rings is 1. The molecule has 13 heavy (non-hydrogen) atoms. The van der Waals surface area contributed by atoms with Crippen LogP contribution >= 0.6 is 0 Å². The Bertz CT molecular complexity index is 402. The van der Waals surface area contributed by atoms with Gasteiger partial charge in [0.05, 0.1) is 6.20 Å². The Kier molecular flexibility index (Phi) is 1.73. The minimum Gasteiger partial charge on any atom is -0.399 e. The van der Waals surface area contributed by atoms with Gasteiger partial charge in [-0.1, -0.05) is 17.3 Å². The zero-order valence-electron chi connectivity index (χ0n) is 7.31. The van der Waals surface area contributed by atoms with Gasteiger partial charge in [-0.2, -0.15) is 0 Å². The SMILES string of the molecule is Cn1cc(-c2ccc(N)cc2)nn1. The molecule has 1 heterocycles. The molecule has 0 unspecified atom stereocenters. The largest absolute Gasteiger partial charge is 0.399 e. The fourth-order valence-corrected chi connectivity index (χ4v) is 1.13. The van der Waals surface area contributed by atoms with E-state index in [1.807, 2.05) is 37.5 Å². The quantitative estimate of drug-likeness (QED) is 0.658.